The van der Waals surface area contributed by atoms with Crippen LogP contribution in [0.5, 0.6) is 0 Å². The zero-order valence-electron chi connectivity index (χ0n) is 11.7. The normalized spacial score (nSPS) is 23.6. The highest BCUT2D eigenvalue weighted by atomic mass is 35.5. The van der Waals surface area contributed by atoms with E-state index in [-0.39, 0.29) is 34.4 Å². The zero-order valence-corrected chi connectivity index (χ0v) is 13.3. The van der Waals surface area contributed by atoms with Gasteiger partial charge in [0.25, 0.3) is 0 Å². The first-order valence-electron chi connectivity index (χ1n) is 6.92. The highest BCUT2D eigenvalue weighted by Gasteiger charge is 2.35. The van der Waals surface area contributed by atoms with E-state index in [1.54, 1.807) is 0 Å². The van der Waals surface area contributed by atoms with Crippen LogP contribution in [0.15, 0.2) is 18.2 Å². The molecule has 0 heterocycles. The number of hydrogen-bond donors (Lipinski definition) is 2. The molecule has 1 aliphatic rings. The standard InChI is InChI=1S/C14H19ClFNO3S/c1-2-14(9-6-12(18)7-9)17-21(19,20)8-10-5-11(16)3-4-13(10)15/h3-5,9,12,14,17-18H,2,6-8H2,1H3. The van der Waals surface area contributed by atoms with E-state index in [1.807, 2.05) is 6.92 Å². The summed E-state index contributed by atoms with van der Waals surface area (Å²) < 4.78 is 40.2. The Labute approximate surface area is 129 Å². The van der Waals surface area contributed by atoms with E-state index >= 15 is 0 Å². The third kappa shape index (κ3) is 4.39. The van der Waals surface area contributed by atoms with Crippen molar-refractivity contribution in [2.75, 3.05) is 0 Å². The van der Waals surface area contributed by atoms with Crippen molar-refractivity contribution < 1.29 is 17.9 Å². The molecule has 118 valence electrons. The average Bonchev–Trinajstić information content (AvgIpc) is 2.36. The average molecular weight is 336 g/mol. The van der Waals surface area contributed by atoms with Crippen LogP contribution in [-0.2, 0) is 15.8 Å². The van der Waals surface area contributed by atoms with Gasteiger partial charge in [0.2, 0.25) is 10.0 Å². The number of sulfonamides is 1. The van der Waals surface area contributed by atoms with Gasteiger partial charge < -0.3 is 5.11 Å². The third-order valence-corrected chi connectivity index (χ3v) is 5.56. The largest absolute Gasteiger partial charge is 0.393 e. The Morgan fingerprint density at radius 2 is 2.14 bits per heavy atom. The quantitative estimate of drug-likeness (QED) is 0.839. The molecular formula is C14H19ClFNO3S. The topological polar surface area (TPSA) is 66.4 Å². The summed E-state index contributed by atoms with van der Waals surface area (Å²) in [5.41, 5.74) is 0.243. The maximum absolute atomic E-state index is 13.2. The van der Waals surface area contributed by atoms with Crippen LogP contribution >= 0.6 is 11.6 Å². The van der Waals surface area contributed by atoms with Gasteiger partial charge in [0.05, 0.1) is 11.9 Å². The van der Waals surface area contributed by atoms with E-state index in [0.29, 0.717) is 19.3 Å². The van der Waals surface area contributed by atoms with Crippen LogP contribution in [-0.4, -0.2) is 25.7 Å². The van der Waals surface area contributed by atoms with Gasteiger partial charge >= 0.3 is 0 Å². The molecule has 0 aliphatic heterocycles. The Morgan fingerprint density at radius 1 is 1.48 bits per heavy atom. The second-order valence-corrected chi connectivity index (χ2v) is 7.67. The highest BCUT2D eigenvalue weighted by Crippen LogP contribution is 2.32. The van der Waals surface area contributed by atoms with Gasteiger partial charge in [0, 0.05) is 11.1 Å². The van der Waals surface area contributed by atoms with Crippen molar-refractivity contribution in [1.29, 1.82) is 0 Å². The molecule has 1 saturated carbocycles. The molecule has 21 heavy (non-hydrogen) atoms. The molecule has 1 atom stereocenters. The Kier molecular flexibility index (Phi) is 5.24. The predicted molar refractivity (Wildman–Crippen MR) is 80.0 cm³/mol. The molecule has 0 radical (unpaired) electrons. The first-order chi connectivity index (χ1) is 9.80. The number of benzene rings is 1. The Bertz CT molecular complexity index is 602. The fourth-order valence-corrected chi connectivity index (χ4v) is 4.42. The summed E-state index contributed by atoms with van der Waals surface area (Å²) in [5, 5.41) is 9.56. The minimum atomic E-state index is -3.61. The SMILES string of the molecule is CCC(NS(=O)(=O)Cc1cc(F)ccc1Cl)C1CC(O)C1. The molecule has 4 nitrogen and oxygen atoms in total. The van der Waals surface area contributed by atoms with Gasteiger partial charge in [-0.05, 0) is 48.9 Å². The lowest BCUT2D eigenvalue weighted by Crippen LogP contribution is -2.46. The highest BCUT2D eigenvalue weighted by molar-refractivity contribution is 7.88. The Morgan fingerprint density at radius 3 is 2.71 bits per heavy atom. The van der Waals surface area contributed by atoms with Crippen LogP contribution in [0.4, 0.5) is 4.39 Å². The lowest BCUT2D eigenvalue weighted by molar-refractivity contribution is 0.0277. The van der Waals surface area contributed by atoms with Crippen molar-refractivity contribution >= 4 is 21.6 Å². The van der Waals surface area contributed by atoms with Crippen LogP contribution in [0.3, 0.4) is 0 Å². The van der Waals surface area contributed by atoms with Crippen molar-refractivity contribution in [3.05, 3.63) is 34.6 Å². The maximum Gasteiger partial charge on any atom is 0.216 e. The summed E-state index contributed by atoms with van der Waals surface area (Å²) in [5.74, 6) is -0.712. The second kappa shape index (κ2) is 6.60. The van der Waals surface area contributed by atoms with E-state index in [2.05, 4.69) is 4.72 Å². The molecule has 0 spiro atoms. The molecule has 7 heteroatoms. The van der Waals surface area contributed by atoms with E-state index < -0.39 is 15.8 Å². The maximum atomic E-state index is 13.2. The van der Waals surface area contributed by atoms with Crippen molar-refractivity contribution in [2.24, 2.45) is 5.92 Å². The second-order valence-electron chi connectivity index (χ2n) is 5.51. The number of nitrogens with one attached hydrogen (secondary N) is 1. The van der Waals surface area contributed by atoms with Crippen LogP contribution in [0, 0.1) is 11.7 Å². The summed E-state index contributed by atoms with van der Waals surface area (Å²) in [7, 11) is -3.61. The molecule has 1 unspecified atom stereocenters. The summed E-state index contributed by atoms with van der Waals surface area (Å²) in [6, 6.07) is 3.47. The van der Waals surface area contributed by atoms with Crippen molar-refractivity contribution in [3.8, 4) is 0 Å². The van der Waals surface area contributed by atoms with Crippen molar-refractivity contribution in [2.45, 2.75) is 44.1 Å². The van der Waals surface area contributed by atoms with Crippen molar-refractivity contribution in [1.82, 2.24) is 4.72 Å². The van der Waals surface area contributed by atoms with Crippen LogP contribution in [0.1, 0.15) is 31.7 Å². The molecule has 1 aromatic rings. The van der Waals surface area contributed by atoms with Crippen molar-refractivity contribution in [3.63, 3.8) is 0 Å². The van der Waals surface area contributed by atoms with Gasteiger partial charge in [-0.25, -0.2) is 17.5 Å². The molecule has 2 rings (SSSR count). The van der Waals surface area contributed by atoms with E-state index in [0.717, 1.165) is 6.07 Å². The summed E-state index contributed by atoms with van der Waals surface area (Å²) in [6.45, 7) is 1.90. The van der Waals surface area contributed by atoms with Gasteiger partial charge in [-0.1, -0.05) is 18.5 Å². The van der Waals surface area contributed by atoms with Gasteiger partial charge in [0.1, 0.15) is 5.82 Å². The molecule has 0 aromatic heterocycles. The molecule has 1 aromatic carbocycles. The van der Waals surface area contributed by atoms with Gasteiger partial charge in [-0.15, -0.1) is 0 Å². The van der Waals surface area contributed by atoms with E-state index in [1.165, 1.54) is 12.1 Å². The molecule has 0 saturated heterocycles. The number of aliphatic hydroxyl groups excluding tert-OH is 1. The van der Waals surface area contributed by atoms with E-state index in [4.69, 9.17) is 11.6 Å². The van der Waals surface area contributed by atoms with Gasteiger partial charge in [-0.3, -0.25) is 0 Å². The minimum absolute atomic E-state index is 0.155. The van der Waals surface area contributed by atoms with Crippen LogP contribution in [0.2, 0.25) is 5.02 Å². The van der Waals surface area contributed by atoms with E-state index in [9.17, 15) is 17.9 Å². The number of rotatable bonds is 6. The van der Waals surface area contributed by atoms with Gasteiger partial charge in [-0.2, -0.15) is 0 Å². The summed E-state index contributed by atoms with van der Waals surface area (Å²) in [4.78, 5) is 0. The molecule has 1 aliphatic carbocycles. The predicted octanol–water partition coefficient (Wildman–Crippen LogP) is 2.45. The first kappa shape index (κ1) is 16.7. The number of halogens is 2. The lowest BCUT2D eigenvalue weighted by atomic mass is 9.77. The Hall–Kier alpha value is -0.690. The smallest absolute Gasteiger partial charge is 0.216 e. The molecular weight excluding hydrogens is 317 g/mol. The number of aliphatic hydroxyl groups is 1. The van der Waals surface area contributed by atoms with Gasteiger partial charge in [0.15, 0.2) is 0 Å². The van der Waals surface area contributed by atoms with Crippen LogP contribution < -0.4 is 4.72 Å². The fraction of sp³-hybridized carbons (Fsp3) is 0.571. The molecule has 0 bridgehead atoms. The molecule has 2 N–H and O–H groups in total. The zero-order chi connectivity index (χ0) is 15.6. The molecule has 1 fully saturated rings. The summed E-state index contributed by atoms with van der Waals surface area (Å²) in [6.07, 6.45) is 1.54. The fourth-order valence-electron chi connectivity index (χ4n) is 2.60. The van der Waals surface area contributed by atoms with Crippen LogP contribution in [0.25, 0.3) is 0 Å². The Balaban J connectivity index is 2.05. The first-order valence-corrected chi connectivity index (χ1v) is 8.95. The lowest BCUT2D eigenvalue weighted by Gasteiger charge is -2.37. The molecule has 0 amide bonds. The minimum Gasteiger partial charge on any atom is -0.393 e. The monoisotopic (exact) mass is 335 g/mol. The summed E-state index contributed by atoms with van der Waals surface area (Å²) >= 11 is 5.90. The number of hydrogen-bond acceptors (Lipinski definition) is 3. The third-order valence-electron chi connectivity index (χ3n) is 3.84.